The van der Waals surface area contributed by atoms with Gasteiger partial charge in [0.2, 0.25) is 0 Å². The molecule has 7 heteroatoms. The van der Waals surface area contributed by atoms with Gasteiger partial charge in [-0.25, -0.2) is 9.31 Å². The van der Waals surface area contributed by atoms with Crippen molar-refractivity contribution >= 4 is 17.2 Å². The van der Waals surface area contributed by atoms with Crippen molar-refractivity contribution in [3.63, 3.8) is 0 Å². The summed E-state index contributed by atoms with van der Waals surface area (Å²) in [5, 5.41) is 17.5. The van der Waals surface area contributed by atoms with Crippen LogP contribution in [0.1, 0.15) is 39.9 Å². The molecule has 0 unspecified atom stereocenters. The second-order valence-corrected chi connectivity index (χ2v) is 7.68. The normalized spacial score (nSPS) is 15.1. The number of nitriles is 1. The van der Waals surface area contributed by atoms with E-state index in [0.717, 1.165) is 49.2 Å². The number of hydrogen-bond donors (Lipinski definition) is 1. The van der Waals surface area contributed by atoms with Crippen LogP contribution in [0.15, 0.2) is 42.7 Å². The van der Waals surface area contributed by atoms with E-state index in [1.54, 1.807) is 16.9 Å². The molecule has 1 saturated heterocycles. The number of aromatic nitrogens is 2. The van der Waals surface area contributed by atoms with E-state index in [-0.39, 0.29) is 6.04 Å². The molecule has 1 aliphatic rings. The Kier molecular flexibility index (Phi) is 5.68. The zero-order valence-electron chi connectivity index (χ0n) is 17.3. The molecule has 0 radical (unpaired) electrons. The van der Waals surface area contributed by atoms with Crippen molar-refractivity contribution in [3.8, 4) is 6.07 Å². The highest BCUT2D eigenvalue weighted by molar-refractivity contribution is 5.96. The number of ether oxygens (including phenoxy) is 1. The third-order valence-corrected chi connectivity index (χ3v) is 5.77. The Morgan fingerprint density at radius 2 is 2.03 bits per heavy atom. The smallest absolute Gasteiger partial charge is 0.339 e. The minimum atomic E-state index is -0.406. The molecule has 1 aliphatic heterocycles. The summed E-state index contributed by atoms with van der Waals surface area (Å²) in [6.07, 6.45) is 5.16. The van der Waals surface area contributed by atoms with Gasteiger partial charge in [-0.05, 0) is 30.9 Å². The number of carbonyl (C=O) groups excluding carboxylic acids is 1. The van der Waals surface area contributed by atoms with Gasteiger partial charge in [-0.1, -0.05) is 30.3 Å². The summed E-state index contributed by atoms with van der Waals surface area (Å²) in [6.45, 7) is 4.79. The summed E-state index contributed by atoms with van der Waals surface area (Å²) < 4.78 is 6.53. The van der Waals surface area contributed by atoms with E-state index in [1.165, 1.54) is 12.7 Å². The molecule has 7 nitrogen and oxygen atoms in total. The predicted molar refractivity (Wildman–Crippen MR) is 114 cm³/mol. The molecule has 0 amide bonds. The van der Waals surface area contributed by atoms with Crippen LogP contribution in [0.5, 0.6) is 0 Å². The van der Waals surface area contributed by atoms with Crippen molar-refractivity contribution in [2.24, 2.45) is 0 Å². The second kappa shape index (κ2) is 8.56. The summed E-state index contributed by atoms with van der Waals surface area (Å²) in [7, 11) is 1.36. The third kappa shape index (κ3) is 3.87. The Morgan fingerprint density at radius 1 is 1.30 bits per heavy atom. The number of aryl methyl sites for hydroxylation is 1. The van der Waals surface area contributed by atoms with Gasteiger partial charge in [0.05, 0.1) is 35.6 Å². The van der Waals surface area contributed by atoms with E-state index in [0.29, 0.717) is 11.1 Å². The number of anilines is 1. The summed E-state index contributed by atoms with van der Waals surface area (Å²) in [4.78, 5) is 14.5. The van der Waals surface area contributed by atoms with Gasteiger partial charge < -0.3 is 10.1 Å². The number of esters is 1. The van der Waals surface area contributed by atoms with Gasteiger partial charge in [-0.3, -0.25) is 4.90 Å². The molecule has 3 aromatic rings. The second-order valence-electron chi connectivity index (χ2n) is 7.68. The fourth-order valence-electron chi connectivity index (χ4n) is 4.12. The molecule has 2 aromatic heterocycles. The van der Waals surface area contributed by atoms with Crippen LogP contribution in [-0.2, 0) is 11.3 Å². The summed E-state index contributed by atoms with van der Waals surface area (Å²) in [6, 6.07) is 13.0. The third-order valence-electron chi connectivity index (χ3n) is 5.77. The van der Waals surface area contributed by atoms with Crippen molar-refractivity contribution < 1.29 is 9.53 Å². The molecular weight excluding hydrogens is 378 g/mol. The van der Waals surface area contributed by atoms with Crippen molar-refractivity contribution in [2.45, 2.75) is 32.4 Å². The van der Waals surface area contributed by atoms with Gasteiger partial charge in [-0.2, -0.15) is 10.4 Å². The highest BCUT2D eigenvalue weighted by Gasteiger charge is 2.24. The number of rotatable bonds is 5. The van der Waals surface area contributed by atoms with Crippen LogP contribution in [-0.4, -0.2) is 46.7 Å². The Labute approximate surface area is 175 Å². The van der Waals surface area contributed by atoms with Crippen molar-refractivity contribution in [2.75, 3.05) is 25.5 Å². The Morgan fingerprint density at radius 3 is 2.70 bits per heavy atom. The van der Waals surface area contributed by atoms with Crippen molar-refractivity contribution in [1.82, 2.24) is 14.5 Å². The maximum atomic E-state index is 12.1. The molecule has 1 N–H and O–H groups in total. The molecule has 0 aliphatic carbocycles. The monoisotopic (exact) mass is 403 g/mol. The van der Waals surface area contributed by atoms with Gasteiger partial charge >= 0.3 is 5.97 Å². The van der Waals surface area contributed by atoms with Crippen LogP contribution >= 0.6 is 0 Å². The molecule has 30 heavy (non-hydrogen) atoms. The molecule has 0 bridgehead atoms. The fraction of sp³-hybridized carbons (Fsp3) is 0.348. The van der Waals surface area contributed by atoms with Gasteiger partial charge in [0.15, 0.2) is 0 Å². The van der Waals surface area contributed by atoms with E-state index in [2.05, 4.69) is 45.7 Å². The number of hydrogen-bond acceptors (Lipinski definition) is 6. The molecule has 0 atom stereocenters. The average Bonchev–Trinajstić information content (AvgIpc) is 3.12. The van der Waals surface area contributed by atoms with Crippen LogP contribution in [0.25, 0.3) is 5.52 Å². The first kappa shape index (κ1) is 19.9. The van der Waals surface area contributed by atoms with Crippen LogP contribution in [0.2, 0.25) is 0 Å². The fourth-order valence-corrected chi connectivity index (χ4v) is 4.12. The van der Waals surface area contributed by atoms with Gasteiger partial charge in [0, 0.05) is 31.9 Å². The lowest BCUT2D eigenvalue weighted by Crippen LogP contribution is -2.38. The zero-order chi connectivity index (χ0) is 21.1. The molecular formula is C23H25N5O2. The minimum Gasteiger partial charge on any atom is -0.465 e. The first-order valence-electron chi connectivity index (χ1n) is 10.1. The summed E-state index contributed by atoms with van der Waals surface area (Å²) >= 11 is 0. The van der Waals surface area contributed by atoms with Crippen LogP contribution < -0.4 is 5.32 Å². The summed E-state index contributed by atoms with van der Waals surface area (Å²) in [5.41, 5.74) is 4.51. The van der Waals surface area contributed by atoms with Crippen molar-refractivity contribution in [1.29, 1.82) is 5.26 Å². The Hall–Kier alpha value is -3.37. The van der Waals surface area contributed by atoms with E-state index in [1.807, 2.05) is 13.0 Å². The standard InChI is InChI=1S/C23H25N5O2/c1-16-20(23(29)30-2)15-28-22(16)21(18(12-24)13-25-28)26-19-8-10-27(11-9-19)14-17-6-4-3-5-7-17/h3-7,13,15,19,26H,8-11,14H2,1-2H3. The van der Waals surface area contributed by atoms with E-state index >= 15 is 0 Å². The number of nitrogens with zero attached hydrogens (tertiary/aromatic N) is 4. The van der Waals surface area contributed by atoms with Crippen molar-refractivity contribution in [3.05, 3.63) is 65.0 Å². The number of likely N-dealkylation sites (tertiary alicyclic amines) is 1. The number of benzene rings is 1. The van der Waals surface area contributed by atoms with Crippen LogP contribution in [0, 0.1) is 18.3 Å². The molecule has 0 spiro atoms. The highest BCUT2D eigenvalue weighted by Crippen LogP contribution is 2.30. The number of piperidine rings is 1. The molecule has 3 heterocycles. The number of fused-ring (bicyclic) bond motifs is 1. The van der Waals surface area contributed by atoms with Crippen LogP contribution in [0.3, 0.4) is 0 Å². The number of carbonyl (C=O) groups is 1. The maximum Gasteiger partial charge on any atom is 0.339 e. The predicted octanol–water partition coefficient (Wildman–Crippen LogP) is 3.38. The highest BCUT2D eigenvalue weighted by atomic mass is 16.5. The molecule has 1 fully saturated rings. The van der Waals surface area contributed by atoms with Crippen LogP contribution in [0.4, 0.5) is 5.69 Å². The van der Waals surface area contributed by atoms with Gasteiger partial charge in [0.25, 0.3) is 0 Å². The Bertz CT molecular complexity index is 1090. The number of methoxy groups -OCH3 is 1. The van der Waals surface area contributed by atoms with E-state index in [9.17, 15) is 10.1 Å². The zero-order valence-corrected chi connectivity index (χ0v) is 17.3. The molecule has 154 valence electrons. The first-order valence-corrected chi connectivity index (χ1v) is 10.1. The number of nitrogens with one attached hydrogen (secondary N) is 1. The van der Waals surface area contributed by atoms with E-state index < -0.39 is 5.97 Å². The average molecular weight is 403 g/mol. The SMILES string of the molecule is COC(=O)c1cn2ncc(C#N)c(NC3CCN(Cc4ccccc4)CC3)c2c1C. The lowest BCUT2D eigenvalue weighted by molar-refractivity contribution is 0.0600. The van der Waals surface area contributed by atoms with E-state index in [4.69, 9.17) is 4.74 Å². The summed E-state index contributed by atoms with van der Waals surface area (Å²) in [5.74, 6) is -0.406. The molecule has 0 saturated carbocycles. The topological polar surface area (TPSA) is 82.7 Å². The largest absolute Gasteiger partial charge is 0.465 e. The van der Waals surface area contributed by atoms with Gasteiger partial charge in [0.1, 0.15) is 6.07 Å². The molecule has 4 rings (SSSR count). The first-order chi connectivity index (χ1) is 14.6. The lowest BCUT2D eigenvalue weighted by Gasteiger charge is -2.33. The quantitative estimate of drug-likeness (QED) is 0.658. The minimum absolute atomic E-state index is 0.256. The Balaban J connectivity index is 1.53. The van der Waals surface area contributed by atoms with Gasteiger partial charge in [-0.15, -0.1) is 0 Å². The molecule has 1 aromatic carbocycles. The lowest BCUT2D eigenvalue weighted by atomic mass is 10.0. The maximum absolute atomic E-state index is 12.1.